The lowest BCUT2D eigenvalue weighted by atomic mass is 9.86. The fourth-order valence-electron chi connectivity index (χ4n) is 3.02. The minimum atomic E-state index is -0.750. The van der Waals surface area contributed by atoms with Gasteiger partial charge in [0.1, 0.15) is 5.76 Å². The summed E-state index contributed by atoms with van der Waals surface area (Å²) < 4.78 is 10.5. The van der Waals surface area contributed by atoms with E-state index in [0.29, 0.717) is 21.8 Å². The molecule has 0 amide bonds. The third-order valence-corrected chi connectivity index (χ3v) is 5.41. The highest BCUT2D eigenvalue weighted by molar-refractivity contribution is 7.81. The Bertz CT molecular complexity index is 1000. The van der Waals surface area contributed by atoms with Crippen molar-refractivity contribution in [2.24, 2.45) is 0 Å². The van der Waals surface area contributed by atoms with Crippen LogP contribution in [0.2, 0.25) is 0 Å². The average molecular weight is 389 g/mol. The Labute approximate surface area is 161 Å². The number of carbonyl (C=O) groups excluding carboxylic acids is 1. The highest BCUT2D eigenvalue weighted by atomic mass is 35.5. The first-order chi connectivity index (χ1) is 12.4. The van der Waals surface area contributed by atoms with Crippen LogP contribution in [0.3, 0.4) is 0 Å². The number of alkyl halides is 1. The number of allylic oxidation sites excluding steroid dienone is 1. The zero-order valence-corrected chi connectivity index (χ0v) is 16.2. The monoisotopic (exact) mass is 388 g/mol. The van der Waals surface area contributed by atoms with Gasteiger partial charge in [0, 0.05) is 16.0 Å². The van der Waals surface area contributed by atoms with Crippen molar-refractivity contribution in [2.45, 2.75) is 26.1 Å². The Morgan fingerprint density at radius 3 is 2.62 bits per heavy atom. The van der Waals surface area contributed by atoms with Crippen LogP contribution < -0.4 is 5.63 Å². The van der Waals surface area contributed by atoms with E-state index in [1.807, 2.05) is 38.1 Å². The fraction of sp³-hybridized carbons (Fsp3) is 0.250. The van der Waals surface area contributed by atoms with Gasteiger partial charge in [-0.15, -0.1) is 11.6 Å². The van der Waals surface area contributed by atoms with E-state index in [0.717, 1.165) is 16.7 Å². The Hall–Kier alpha value is -2.24. The molecule has 2 aromatic rings. The lowest BCUT2D eigenvalue weighted by Gasteiger charge is -2.23. The van der Waals surface area contributed by atoms with Crippen LogP contribution in [0, 0.1) is 6.92 Å². The maximum absolute atomic E-state index is 12.6. The zero-order chi connectivity index (χ0) is 19.0. The Morgan fingerprint density at radius 1 is 1.27 bits per heavy atom. The molecule has 1 heterocycles. The number of carbonyl (C=O) groups is 1. The topological polar surface area (TPSA) is 56.5 Å². The number of thiocarbonyl (C=S) groups is 1. The van der Waals surface area contributed by atoms with Gasteiger partial charge in [-0.3, -0.25) is 0 Å². The van der Waals surface area contributed by atoms with Gasteiger partial charge in [-0.1, -0.05) is 36.5 Å². The second kappa shape index (κ2) is 7.17. The molecule has 0 bridgehead atoms. The van der Waals surface area contributed by atoms with E-state index in [1.54, 1.807) is 13.0 Å². The van der Waals surface area contributed by atoms with Gasteiger partial charge in [0.25, 0.3) is 0 Å². The van der Waals surface area contributed by atoms with E-state index in [1.165, 1.54) is 0 Å². The molecule has 1 aromatic heterocycles. The van der Waals surface area contributed by atoms with Gasteiger partial charge in [0.2, 0.25) is 0 Å². The van der Waals surface area contributed by atoms with Crippen molar-refractivity contribution in [1.29, 1.82) is 0 Å². The van der Waals surface area contributed by atoms with Gasteiger partial charge in [0.05, 0.1) is 12.0 Å². The highest BCUT2D eigenvalue weighted by Crippen LogP contribution is 2.37. The van der Waals surface area contributed by atoms with Crippen LogP contribution in [0.15, 0.2) is 39.1 Å². The molecule has 0 saturated carbocycles. The summed E-state index contributed by atoms with van der Waals surface area (Å²) in [7, 11) is 0. The van der Waals surface area contributed by atoms with Crippen LogP contribution in [0.4, 0.5) is 0 Å². The van der Waals surface area contributed by atoms with Crippen molar-refractivity contribution in [2.75, 3.05) is 6.61 Å². The minimum absolute atomic E-state index is 0.143. The molecule has 0 spiro atoms. The van der Waals surface area contributed by atoms with Gasteiger partial charge >= 0.3 is 11.6 Å². The van der Waals surface area contributed by atoms with E-state index in [2.05, 4.69) is 0 Å². The normalized spacial score (nSPS) is 16.1. The third-order valence-electron chi connectivity index (χ3n) is 4.28. The molecule has 0 N–H and O–H groups in total. The van der Waals surface area contributed by atoms with Gasteiger partial charge in [-0.05, 0) is 43.5 Å². The molecular weight excluding hydrogens is 372 g/mol. The number of fused-ring (bicyclic) bond motifs is 1. The number of rotatable bonds is 3. The number of aryl methyl sites for hydroxylation is 1. The summed E-state index contributed by atoms with van der Waals surface area (Å²) in [5, 5.41) is -0.511. The maximum atomic E-state index is 12.6. The molecule has 1 atom stereocenters. The summed E-state index contributed by atoms with van der Waals surface area (Å²) in [6.07, 6.45) is 1.70. The van der Waals surface area contributed by atoms with Gasteiger partial charge in [0.15, 0.2) is 5.56 Å². The molecule has 6 heteroatoms. The number of hydrogen-bond donors (Lipinski definition) is 0. The van der Waals surface area contributed by atoms with Crippen LogP contribution in [-0.2, 0) is 4.74 Å². The van der Waals surface area contributed by atoms with E-state index in [4.69, 9.17) is 33.0 Å². The predicted octanol–water partition coefficient (Wildman–Crippen LogP) is 4.53. The molecule has 134 valence electrons. The Balaban J connectivity index is 2.46. The molecule has 0 radical (unpaired) electrons. The van der Waals surface area contributed by atoms with Crippen LogP contribution >= 0.6 is 23.8 Å². The van der Waals surface area contributed by atoms with Crippen molar-refractivity contribution in [3.05, 3.63) is 62.7 Å². The van der Waals surface area contributed by atoms with Crippen LogP contribution in [0.1, 0.15) is 41.1 Å². The van der Waals surface area contributed by atoms with Crippen molar-refractivity contribution < 1.29 is 13.9 Å². The standard InChI is InChI=1S/C20H17ClO4S/c1-4-24-19(22)16-14(12-8-6-5-7-10(12)2)15-13(25-20(16)23)9-11(3)17(21)18(15)26/h5-9,17H,4H2,1-3H3. The first kappa shape index (κ1) is 18.5. The highest BCUT2D eigenvalue weighted by Gasteiger charge is 2.33. The third kappa shape index (κ3) is 3.02. The molecule has 0 saturated heterocycles. The quantitative estimate of drug-likeness (QED) is 0.439. The molecule has 1 aliphatic rings. The Morgan fingerprint density at radius 2 is 1.96 bits per heavy atom. The summed E-state index contributed by atoms with van der Waals surface area (Å²) in [6.45, 7) is 5.54. The van der Waals surface area contributed by atoms with Crippen LogP contribution in [0.5, 0.6) is 0 Å². The Kier molecular flexibility index (Phi) is 5.12. The van der Waals surface area contributed by atoms with E-state index >= 15 is 0 Å². The van der Waals surface area contributed by atoms with Crippen molar-refractivity contribution in [3.8, 4) is 11.1 Å². The minimum Gasteiger partial charge on any atom is -0.462 e. The lowest BCUT2D eigenvalue weighted by Crippen LogP contribution is -2.27. The first-order valence-electron chi connectivity index (χ1n) is 8.17. The van der Waals surface area contributed by atoms with Crippen molar-refractivity contribution in [1.82, 2.24) is 0 Å². The lowest BCUT2D eigenvalue weighted by molar-refractivity contribution is 0.0522. The molecule has 1 unspecified atom stereocenters. The second-order valence-electron chi connectivity index (χ2n) is 6.03. The summed E-state index contributed by atoms with van der Waals surface area (Å²) in [5.74, 6) is -0.414. The predicted molar refractivity (Wildman–Crippen MR) is 106 cm³/mol. The maximum Gasteiger partial charge on any atom is 0.351 e. The molecule has 1 aliphatic carbocycles. The van der Waals surface area contributed by atoms with E-state index < -0.39 is 17.0 Å². The van der Waals surface area contributed by atoms with Crippen LogP contribution in [-0.4, -0.2) is 22.8 Å². The average Bonchev–Trinajstić information content (AvgIpc) is 2.59. The number of hydrogen-bond acceptors (Lipinski definition) is 5. The number of halogens is 1. The number of benzene rings is 1. The summed E-state index contributed by atoms with van der Waals surface area (Å²) >= 11 is 12.0. The smallest absolute Gasteiger partial charge is 0.351 e. The fourth-order valence-corrected chi connectivity index (χ4v) is 3.58. The summed E-state index contributed by atoms with van der Waals surface area (Å²) in [5.41, 5.74) is 2.42. The number of esters is 1. The van der Waals surface area contributed by atoms with E-state index in [-0.39, 0.29) is 12.2 Å². The zero-order valence-electron chi connectivity index (χ0n) is 14.6. The number of ether oxygens (including phenoxy) is 1. The van der Waals surface area contributed by atoms with Crippen molar-refractivity contribution in [3.63, 3.8) is 0 Å². The van der Waals surface area contributed by atoms with Crippen molar-refractivity contribution >= 4 is 40.7 Å². The van der Waals surface area contributed by atoms with E-state index in [9.17, 15) is 9.59 Å². The molecular formula is C20H17ClO4S. The summed E-state index contributed by atoms with van der Waals surface area (Å²) in [6, 6.07) is 7.46. The SMILES string of the molecule is CCOC(=O)c1c(-c2ccccc2C)c2c(oc1=O)C=C(C)C(Cl)C2=S. The van der Waals surface area contributed by atoms with Gasteiger partial charge < -0.3 is 9.15 Å². The van der Waals surface area contributed by atoms with Gasteiger partial charge in [-0.2, -0.15) is 0 Å². The summed E-state index contributed by atoms with van der Waals surface area (Å²) in [4.78, 5) is 25.6. The molecule has 0 fully saturated rings. The molecule has 1 aromatic carbocycles. The second-order valence-corrected chi connectivity index (χ2v) is 6.91. The molecule has 26 heavy (non-hydrogen) atoms. The van der Waals surface area contributed by atoms with Crippen LogP contribution in [0.25, 0.3) is 17.2 Å². The molecule has 0 aliphatic heterocycles. The largest absolute Gasteiger partial charge is 0.462 e. The molecule has 4 nitrogen and oxygen atoms in total. The molecule has 3 rings (SSSR count). The first-order valence-corrected chi connectivity index (χ1v) is 9.02. The van der Waals surface area contributed by atoms with Gasteiger partial charge in [-0.25, -0.2) is 9.59 Å².